The van der Waals surface area contributed by atoms with E-state index in [9.17, 15) is 4.21 Å². The van der Waals surface area contributed by atoms with Gasteiger partial charge in [-0.2, -0.15) is 0 Å². The topological polar surface area (TPSA) is 46.3 Å². The van der Waals surface area contributed by atoms with Crippen LogP contribution in [-0.2, 0) is 11.2 Å². The molecule has 0 spiro atoms. The number of allylic oxidation sites excluding steroid dienone is 6. The van der Waals surface area contributed by atoms with Crippen LogP contribution in [0, 0.1) is 5.41 Å². The van der Waals surface area contributed by atoms with Gasteiger partial charge in [-0.3, -0.25) is 0 Å². The summed E-state index contributed by atoms with van der Waals surface area (Å²) in [5.74, 6) is 0. The minimum atomic E-state index is -1.55. The molecular formula is C15H18N2OS2. The Morgan fingerprint density at radius 2 is 1.95 bits per heavy atom. The van der Waals surface area contributed by atoms with E-state index in [4.69, 9.17) is 5.14 Å². The van der Waals surface area contributed by atoms with Crippen molar-refractivity contribution in [2.75, 3.05) is 0 Å². The summed E-state index contributed by atoms with van der Waals surface area (Å²) in [6.07, 6.45) is 14.8. The summed E-state index contributed by atoms with van der Waals surface area (Å²) in [5, 5.41) is 5.73. The van der Waals surface area contributed by atoms with Crippen LogP contribution >= 0.6 is 11.8 Å². The van der Waals surface area contributed by atoms with Gasteiger partial charge in [-0.05, 0) is 25.0 Å². The molecule has 1 heterocycles. The third-order valence-corrected chi connectivity index (χ3v) is 5.43. The average Bonchev–Trinajstić information content (AvgIpc) is 2.55. The number of nitrogens with zero attached hydrogens (tertiary/aromatic N) is 1. The monoisotopic (exact) mass is 306 g/mol. The van der Waals surface area contributed by atoms with E-state index in [1.165, 1.54) is 0 Å². The van der Waals surface area contributed by atoms with Crippen molar-refractivity contribution in [3.8, 4) is 0 Å². The molecule has 3 rings (SSSR count). The molecule has 1 unspecified atom stereocenters. The molecule has 106 valence electrons. The maximum absolute atomic E-state index is 12.0. The summed E-state index contributed by atoms with van der Waals surface area (Å²) in [6, 6.07) is 0. The third kappa shape index (κ3) is 2.45. The van der Waals surface area contributed by atoms with Crippen LogP contribution in [0.3, 0.4) is 0 Å². The van der Waals surface area contributed by atoms with Crippen molar-refractivity contribution >= 4 is 22.9 Å². The van der Waals surface area contributed by atoms with Gasteiger partial charge in [0.05, 0.1) is 11.4 Å². The highest BCUT2D eigenvalue weighted by atomic mass is 32.2. The molecule has 20 heavy (non-hydrogen) atoms. The Hall–Kier alpha value is -1.04. The Bertz CT molecular complexity index is 624. The van der Waals surface area contributed by atoms with Crippen LogP contribution in [0.2, 0.25) is 0 Å². The zero-order valence-electron chi connectivity index (χ0n) is 11.6. The molecule has 1 atom stereocenters. The van der Waals surface area contributed by atoms with Gasteiger partial charge in [0.15, 0.2) is 11.2 Å². The number of hydrogen-bond donors (Lipinski definition) is 1. The summed E-state index contributed by atoms with van der Waals surface area (Å²) in [5.41, 5.74) is 1.91. The van der Waals surface area contributed by atoms with Crippen LogP contribution in [0.25, 0.3) is 0 Å². The fourth-order valence-corrected chi connectivity index (χ4v) is 4.37. The second kappa shape index (κ2) is 5.06. The number of hydrogen-bond acceptors (Lipinski definition) is 2. The quantitative estimate of drug-likeness (QED) is 0.806. The molecule has 0 saturated carbocycles. The highest BCUT2D eigenvalue weighted by molar-refractivity contribution is 8.07. The van der Waals surface area contributed by atoms with Gasteiger partial charge in [0.2, 0.25) is 0 Å². The summed E-state index contributed by atoms with van der Waals surface area (Å²) < 4.78 is 13.8. The van der Waals surface area contributed by atoms with E-state index in [0.717, 1.165) is 34.0 Å². The molecule has 0 fully saturated rings. The van der Waals surface area contributed by atoms with Crippen LogP contribution in [-0.4, -0.2) is 8.51 Å². The lowest BCUT2D eigenvalue weighted by Gasteiger charge is -2.33. The largest absolute Gasteiger partial charge is 0.246 e. The molecule has 3 nitrogen and oxygen atoms in total. The van der Waals surface area contributed by atoms with Crippen molar-refractivity contribution in [1.29, 1.82) is 0 Å². The molecule has 0 radical (unpaired) electrons. The SMILES string of the molecule is CC1(C)C=CC2=C(C=C1)N(S(N)=O)C1=CCCC=C1S2. The van der Waals surface area contributed by atoms with Gasteiger partial charge in [0.1, 0.15) is 0 Å². The molecule has 0 bridgehead atoms. The predicted octanol–water partition coefficient (Wildman–Crippen LogP) is 3.50. The fourth-order valence-electron chi connectivity index (χ4n) is 2.42. The molecule has 0 aromatic rings. The van der Waals surface area contributed by atoms with Crippen molar-refractivity contribution < 1.29 is 4.21 Å². The molecule has 3 aliphatic rings. The van der Waals surface area contributed by atoms with Gasteiger partial charge in [0.25, 0.3) is 0 Å². The number of fused-ring (bicyclic) bond motifs is 1. The van der Waals surface area contributed by atoms with Crippen LogP contribution in [0.1, 0.15) is 26.7 Å². The molecule has 0 saturated heterocycles. The molecule has 2 N–H and O–H groups in total. The van der Waals surface area contributed by atoms with Gasteiger partial charge >= 0.3 is 0 Å². The number of thioether (sulfide) groups is 1. The van der Waals surface area contributed by atoms with Crippen LogP contribution in [0.4, 0.5) is 0 Å². The van der Waals surface area contributed by atoms with Gasteiger partial charge in [-0.25, -0.2) is 13.7 Å². The normalized spacial score (nSPS) is 25.4. The molecule has 1 aliphatic heterocycles. The Balaban J connectivity index is 2.14. The first-order chi connectivity index (χ1) is 9.48. The lowest BCUT2D eigenvalue weighted by molar-refractivity contribution is 0.612. The van der Waals surface area contributed by atoms with Crippen LogP contribution < -0.4 is 5.14 Å². The zero-order chi connectivity index (χ0) is 14.3. The maximum atomic E-state index is 12.0. The predicted molar refractivity (Wildman–Crippen MR) is 86.2 cm³/mol. The van der Waals surface area contributed by atoms with Gasteiger partial charge in [0, 0.05) is 15.2 Å². The molecule has 0 aromatic heterocycles. The van der Waals surface area contributed by atoms with Crippen molar-refractivity contribution in [3.63, 3.8) is 0 Å². The first-order valence-corrected chi connectivity index (χ1v) is 8.64. The van der Waals surface area contributed by atoms with E-state index < -0.39 is 11.2 Å². The highest BCUT2D eigenvalue weighted by Crippen LogP contribution is 2.46. The van der Waals surface area contributed by atoms with Gasteiger partial charge in [-0.1, -0.05) is 49.9 Å². The average molecular weight is 306 g/mol. The minimum absolute atomic E-state index is 0.00635. The molecular weight excluding hydrogens is 288 g/mol. The second-order valence-electron chi connectivity index (χ2n) is 5.65. The lowest BCUT2D eigenvalue weighted by Crippen LogP contribution is -2.32. The summed E-state index contributed by atoms with van der Waals surface area (Å²) in [7, 11) is 0. The summed E-state index contributed by atoms with van der Waals surface area (Å²) in [6.45, 7) is 4.30. The van der Waals surface area contributed by atoms with E-state index in [0.29, 0.717) is 0 Å². The van der Waals surface area contributed by atoms with Crippen molar-refractivity contribution in [1.82, 2.24) is 4.31 Å². The van der Waals surface area contributed by atoms with Crippen LogP contribution in [0.5, 0.6) is 0 Å². The standard InChI is InChI=1S/C15H18N2OS2/c1-15(2)9-7-12-14(8-10-15)19-13-6-4-3-5-11(13)17(12)20(16)18/h5-10H,3-4,16H2,1-2H3. The number of nitrogens with two attached hydrogens (primary N) is 1. The Morgan fingerprint density at radius 3 is 2.70 bits per heavy atom. The Labute approximate surface area is 126 Å². The molecule has 0 amide bonds. The van der Waals surface area contributed by atoms with E-state index in [-0.39, 0.29) is 5.41 Å². The third-order valence-electron chi connectivity index (χ3n) is 3.51. The van der Waals surface area contributed by atoms with E-state index in [1.807, 2.05) is 6.08 Å². The Kier molecular flexibility index (Phi) is 3.52. The summed E-state index contributed by atoms with van der Waals surface area (Å²) in [4.78, 5) is 2.27. The summed E-state index contributed by atoms with van der Waals surface area (Å²) >= 11 is 0.184. The van der Waals surface area contributed by atoms with Crippen molar-refractivity contribution in [2.24, 2.45) is 10.6 Å². The van der Waals surface area contributed by atoms with Gasteiger partial charge in [-0.15, -0.1) is 0 Å². The first-order valence-electron chi connectivity index (χ1n) is 6.66. The van der Waals surface area contributed by atoms with E-state index >= 15 is 0 Å². The highest BCUT2D eigenvalue weighted by Gasteiger charge is 2.31. The smallest absolute Gasteiger partial charge is 0.198 e. The minimum Gasteiger partial charge on any atom is -0.246 e. The zero-order valence-corrected chi connectivity index (χ0v) is 13.3. The fraction of sp³-hybridized carbons (Fsp3) is 0.333. The molecule has 2 aliphatic carbocycles. The number of rotatable bonds is 1. The van der Waals surface area contributed by atoms with E-state index in [1.54, 1.807) is 16.1 Å². The first kappa shape index (κ1) is 13.9. The van der Waals surface area contributed by atoms with Gasteiger partial charge < -0.3 is 0 Å². The van der Waals surface area contributed by atoms with Crippen molar-refractivity contribution in [3.05, 3.63) is 57.7 Å². The maximum Gasteiger partial charge on any atom is 0.198 e. The Morgan fingerprint density at radius 1 is 1.25 bits per heavy atom. The van der Waals surface area contributed by atoms with E-state index in [2.05, 4.69) is 44.2 Å². The lowest BCUT2D eigenvalue weighted by atomic mass is 9.93. The van der Waals surface area contributed by atoms with Crippen molar-refractivity contribution in [2.45, 2.75) is 26.7 Å². The van der Waals surface area contributed by atoms with Crippen LogP contribution in [0.15, 0.2) is 57.7 Å². The second-order valence-corrected chi connectivity index (χ2v) is 7.65. The molecule has 0 aromatic carbocycles. The molecule has 5 heteroatoms.